The van der Waals surface area contributed by atoms with Gasteiger partial charge in [0.1, 0.15) is 5.58 Å². The maximum Gasteiger partial charge on any atom is 0.148 e. The van der Waals surface area contributed by atoms with Gasteiger partial charge < -0.3 is 4.42 Å². The number of fused-ring (bicyclic) bond motifs is 1. The summed E-state index contributed by atoms with van der Waals surface area (Å²) < 4.78 is 6.65. The first-order chi connectivity index (χ1) is 8.25. The van der Waals surface area contributed by atoms with Crippen LogP contribution in [-0.2, 0) is 0 Å². The number of rotatable bonds is 1. The molecule has 3 aromatic rings. The van der Waals surface area contributed by atoms with Crippen LogP contribution in [0.2, 0.25) is 0 Å². The van der Waals surface area contributed by atoms with Gasteiger partial charge in [0.05, 0.1) is 10.7 Å². The highest BCUT2D eigenvalue weighted by Gasteiger charge is 2.10. The van der Waals surface area contributed by atoms with Crippen molar-refractivity contribution in [1.82, 2.24) is 0 Å². The number of halogens is 1. The molecule has 0 aliphatic heterocycles. The molecule has 0 spiro atoms. The van der Waals surface area contributed by atoms with E-state index < -0.39 is 0 Å². The van der Waals surface area contributed by atoms with Crippen LogP contribution in [0.25, 0.3) is 22.1 Å². The van der Waals surface area contributed by atoms with E-state index in [2.05, 4.69) is 47.1 Å². The molecule has 0 unspecified atom stereocenters. The maximum atomic E-state index is 5.64. The van der Waals surface area contributed by atoms with Gasteiger partial charge in [0.25, 0.3) is 0 Å². The van der Waals surface area contributed by atoms with Crippen molar-refractivity contribution >= 4 is 26.9 Å². The number of benzene rings is 2. The van der Waals surface area contributed by atoms with Crippen molar-refractivity contribution in [1.29, 1.82) is 0 Å². The van der Waals surface area contributed by atoms with Crippen LogP contribution >= 0.6 is 15.9 Å². The van der Waals surface area contributed by atoms with Gasteiger partial charge in [-0.05, 0) is 46.1 Å². The predicted octanol–water partition coefficient (Wildman–Crippen LogP) is 5.17. The molecule has 0 amide bonds. The molecule has 3 rings (SSSR count). The van der Waals surface area contributed by atoms with Crippen LogP contribution < -0.4 is 0 Å². The second kappa shape index (κ2) is 4.04. The van der Waals surface area contributed by atoms with Gasteiger partial charge in [-0.15, -0.1) is 0 Å². The van der Waals surface area contributed by atoms with E-state index >= 15 is 0 Å². The van der Waals surface area contributed by atoms with Gasteiger partial charge in [0, 0.05) is 10.9 Å². The Labute approximate surface area is 108 Å². The standard InChI is InChI=1S/C15H11BrO/c1-10-7-12-13(11-5-3-2-4-6-11)9-17-15(12)14(16)8-10/h2-9H,1H3. The third-order valence-electron chi connectivity index (χ3n) is 2.86. The lowest BCUT2D eigenvalue weighted by atomic mass is 10.0. The first kappa shape index (κ1) is 10.6. The Kier molecular flexibility index (Phi) is 2.52. The van der Waals surface area contributed by atoms with Crippen molar-refractivity contribution in [2.75, 3.05) is 0 Å². The zero-order chi connectivity index (χ0) is 11.8. The fourth-order valence-corrected chi connectivity index (χ4v) is 2.74. The Morgan fingerprint density at radius 3 is 2.59 bits per heavy atom. The van der Waals surface area contributed by atoms with E-state index in [1.165, 1.54) is 11.1 Å². The van der Waals surface area contributed by atoms with E-state index in [-0.39, 0.29) is 0 Å². The van der Waals surface area contributed by atoms with E-state index in [1.54, 1.807) is 0 Å². The van der Waals surface area contributed by atoms with Gasteiger partial charge in [0.2, 0.25) is 0 Å². The zero-order valence-corrected chi connectivity index (χ0v) is 11.0. The normalized spacial score (nSPS) is 10.9. The van der Waals surface area contributed by atoms with Crippen molar-refractivity contribution in [3.63, 3.8) is 0 Å². The van der Waals surface area contributed by atoms with Gasteiger partial charge in [-0.2, -0.15) is 0 Å². The van der Waals surface area contributed by atoms with Gasteiger partial charge in [-0.3, -0.25) is 0 Å². The molecule has 1 nitrogen and oxygen atoms in total. The first-order valence-corrected chi connectivity index (χ1v) is 6.28. The fraction of sp³-hybridized carbons (Fsp3) is 0.0667. The van der Waals surface area contributed by atoms with Crippen molar-refractivity contribution < 1.29 is 4.42 Å². The monoisotopic (exact) mass is 286 g/mol. The minimum atomic E-state index is 0.912. The summed E-state index contributed by atoms with van der Waals surface area (Å²) in [5.74, 6) is 0. The maximum absolute atomic E-state index is 5.64. The molecule has 0 aliphatic carbocycles. The second-order valence-electron chi connectivity index (χ2n) is 4.14. The second-order valence-corrected chi connectivity index (χ2v) is 4.99. The van der Waals surface area contributed by atoms with Crippen LogP contribution in [0.15, 0.2) is 57.6 Å². The molecule has 0 aliphatic rings. The molecular formula is C15H11BrO. The molecular weight excluding hydrogens is 276 g/mol. The molecule has 0 saturated carbocycles. The quantitative estimate of drug-likeness (QED) is 0.601. The summed E-state index contributed by atoms with van der Waals surface area (Å²) in [5.41, 5.74) is 4.46. The van der Waals surface area contributed by atoms with Crippen LogP contribution in [0.1, 0.15) is 5.56 Å². The molecule has 2 heteroatoms. The average molecular weight is 287 g/mol. The third-order valence-corrected chi connectivity index (χ3v) is 3.45. The molecule has 0 atom stereocenters. The van der Waals surface area contributed by atoms with Crippen LogP contribution in [0.4, 0.5) is 0 Å². The summed E-state index contributed by atoms with van der Waals surface area (Å²) in [6.45, 7) is 2.09. The van der Waals surface area contributed by atoms with E-state index in [4.69, 9.17) is 4.42 Å². The molecule has 2 aromatic carbocycles. The van der Waals surface area contributed by atoms with Crippen LogP contribution in [0.5, 0.6) is 0 Å². The van der Waals surface area contributed by atoms with Crippen molar-refractivity contribution in [2.45, 2.75) is 6.92 Å². The van der Waals surface area contributed by atoms with Gasteiger partial charge in [-0.1, -0.05) is 30.3 Å². The molecule has 0 N–H and O–H groups in total. The summed E-state index contributed by atoms with van der Waals surface area (Å²) in [5, 5.41) is 1.16. The van der Waals surface area contributed by atoms with Crippen LogP contribution in [0, 0.1) is 6.92 Å². The summed E-state index contributed by atoms with van der Waals surface area (Å²) in [6.07, 6.45) is 1.82. The van der Waals surface area contributed by atoms with E-state index in [1.807, 2.05) is 24.5 Å². The lowest BCUT2D eigenvalue weighted by Crippen LogP contribution is -1.77. The Morgan fingerprint density at radius 2 is 1.82 bits per heavy atom. The third kappa shape index (κ3) is 1.79. The first-order valence-electron chi connectivity index (χ1n) is 5.48. The Morgan fingerprint density at radius 1 is 1.06 bits per heavy atom. The minimum absolute atomic E-state index is 0.912. The molecule has 0 bridgehead atoms. The van der Waals surface area contributed by atoms with Gasteiger partial charge >= 0.3 is 0 Å². The highest BCUT2D eigenvalue weighted by atomic mass is 79.9. The average Bonchev–Trinajstić information content (AvgIpc) is 2.74. The predicted molar refractivity (Wildman–Crippen MR) is 74.1 cm³/mol. The van der Waals surface area contributed by atoms with E-state index in [0.29, 0.717) is 0 Å². The molecule has 0 fully saturated rings. The van der Waals surface area contributed by atoms with Gasteiger partial charge in [0.15, 0.2) is 0 Å². The Bertz CT molecular complexity index is 668. The fourth-order valence-electron chi connectivity index (χ4n) is 2.07. The van der Waals surface area contributed by atoms with Gasteiger partial charge in [-0.25, -0.2) is 0 Å². The lowest BCUT2D eigenvalue weighted by Gasteiger charge is -2.00. The summed E-state index contributed by atoms with van der Waals surface area (Å²) in [6, 6.07) is 14.5. The highest BCUT2D eigenvalue weighted by molar-refractivity contribution is 9.10. The summed E-state index contributed by atoms with van der Waals surface area (Å²) in [7, 11) is 0. The molecule has 0 radical (unpaired) electrons. The summed E-state index contributed by atoms with van der Waals surface area (Å²) >= 11 is 3.54. The molecule has 0 saturated heterocycles. The van der Waals surface area contributed by atoms with Crippen molar-refractivity contribution in [3.05, 3.63) is 58.8 Å². The molecule has 17 heavy (non-hydrogen) atoms. The smallest absolute Gasteiger partial charge is 0.148 e. The Balaban J connectivity index is 2.32. The lowest BCUT2D eigenvalue weighted by molar-refractivity contribution is 0.615. The molecule has 84 valence electrons. The number of hydrogen-bond acceptors (Lipinski definition) is 1. The highest BCUT2D eigenvalue weighted by Crippen LogP contribution is 2.35. The largest absolute Gasteiger partial charge is 0.462 e. The van der Waals surface area contributed by atoms with Crippen molar-refractivity contribution in [3.8, 4) is 11.1 Å². The van der Waals surface area contributed by atoms with Crippen LogP contribution in [0.3, 0.4) is 0 Å². The minimum Gasteiger partial charge on any atom is -0.462 e. The van der Waals surface area contributed by atoms with E-state index in [9.17, 15) is 0 Å². The topological polar surface area (TPSA) is 13.1 Å². The van der Waals surface area contributed by atoms with Crippen LogP contribution in [-0.4, -0.2) is 0 Å². The number of aryl methyl sites for hydroxylation is 1. The zero-order valence-electron chi connectivity index (χ0n) is 9.41. The molecule has 1 aromatic heterocycles. The van der Waals surface area contributed by atoms with E-state index in [0.717, 1.165) is 21.0 Å². The van der Waals surface area contributed by atoms with Crippen molar-refractivity contribution in [2.24, 2.45) is 0 Å². The Hall–Kier alpha value is -1.54. The summed E-state index contributed by atoms with van der Waals surface area (Å²) in [4.78, 5) is 0. The number of furan rings is 1. The SMILES string of the molecule is Cc1cc(Br)c2occ(-c3ccccc3)c2c1. The number of hydrogen-bond donors (Lipinski definition) is 0. The molecule has 1 heterocycles.